The number of esters is 1. The molecular formula is C21H34N2O2S2. The van der Waals surface area contributed by atoms with Crippen LogP contribution in [-0.2, 0) is 17.6 Å². The molecule has 2 atom stereocenters. The molecule has 0 aromatic carbocycles. The monoisotopic (exact) mass is 410 g/mol. The van der Waals surface area contributed by atoms with Gasteiger partial charge in [0.1, 0.15) is 5.00 Å². The van der Waals surface area contributed by atoms with Crippen LogP contribution in [0.3, 0.4) is 0 Å². The predicted molar refractivity (Wildman–Crippen MR) is 119 cm³/mol. The Bertz CT molecular complexity index is 647. The standard InChI is InChI=1S/C21H34N2O2S2/c1-6-14(3)23(15(4)7-2)21(26)22-19-18(20(24)25-5)16-12-10-8-9-11-13-17(16)27-19/h14-15H,6-13H2,1-5H3,(H,22,26). The number of fused-ring (bicyclic) bond motifs is 1. The number of aryl methyl sites for hydroxylation is 1. The van der Waals surface area contributed by atoms with Gasteiger partial charge >= 0.3 is 5.97 Å². The Labute approximate surface area is 173 Å². The Hall–Kier alpha value is -1.14. The number of nitrogens with one attached hydrogen (secondary N) is 1. The molecule has 0 saturated heterocycles. The Morgan fingerprint density at radius 1 is 1.15 bits per heavy atom. The highest BCUT2D eigenvalue weighted by molar-refractivity contribution is 7.80. The molecular weight excluding hydrogens is 376 g/mol. The van der Waals surface area contributed by atoms with Crippen molar-refractivity contribution in [1.29, 1.82) is 0 Å². The number of thiophene rings is 1. The molecule has 0 saturated carbocycles. The van der Waals surface area contributed by atoms with Crippen molar-refractivity contribution in [3.05, 3.63) is 16.0 Å². The van der Waals surface area contributed by atoms with Crippen molar-refractivity contribution in [3.63, 3.8) is 0 Å². The van der Waals surface area contributed by atoms with E-state index in [0.717, 1.165) is 37.1 Å². The minimum Gasteiger partial charge on any atom is -0.465 e. The van der Waals surface area contributed by atoms with E-state index in [1.165, 1.54) is 36.8 Å². The van der Waals surface area contributed by atoms with E-state index in [1.807, 2.05) is 0 Å². The molecule has 6 heteroatoms. The van der Waals surface area contributed by atoms with E-state index in [2.05, 4.69) is 37.9 Å². The summed E-state index contributed by atoms with van der Waals surface area (Å²) in [5.41, 5.74) is 1.88. The molecule has 27 heavy (non-hydrogen) atoms. The summed E-state index contributed by atoms with van der Waals surface area (Å²) in [5, 5.41) is 4.99. The van der Waals surface area contributed by atoms with Gasteiger partial charge in [0.05, 0.1) is 12.7 Å². The second-order valence-corrected chi connectivity index (χ2v) is 8.96. The van der Waals surface area contributed by atoms with E-state index in [9.17, 15) is 4.79 Å². The summed E-state index contributed by atoms with van der Waals surface area (Å²) in [6.45, 7) is 8.77. The van der Waals surface area contributed by atoms with Crippen molar-refractivity contribution >= 4 is 39.6 Å². The van der Waals surface area contributed by atoms with E-state index in [-0.39, 0.29) is 5.97 Å². The first-order valence-electron chi connectivity index (χ1n) is 10.3. The molecule has 1 aliphatic rings. The molecule has 1 aromatic heterocycles. The van der Waals surface area contributed by atoms with Gasteiger partial charge in [-0.25, -0.2) is 4.79 Å². The second kappa shape index (κ2) is 10.4. The molecule has 0 fully saturated rings. The van der Waals surface area contributed by atoms with Gasteiger partial charge < -0.3 is 15.0 Å². The van der Waals surface area contributed by atoms with Crippen LogP contribution in [0.2, 0.25) is 0 Å². The third kappa shape index (κ3) is 5.23. The SMILES string of the molecule is CCC(C)N(C(=S)Nc1sc2c(c1C(=O)OC)CCCCCC2)C(C)CC. The smallest absolute Gasteiger partial charge is 0.341 e. The number of carbonyl (C=O) groups excluding carboxylic acids is 1. The summed E-state index contributed by atoms with van der Waals surface area (Å²) in [6.07, 6.45) is 8.85. The molecule has 4 nitrogen and oxygen atoms in total. The molecule has 0 spiro atoms. The average Bonchev–Trinajstić information content (AvgIpc) is 2.96. The zero-order valence-electron chi connectivity index (χ0n) is 17.4. The number of rotatable bonds is 6. The zero-order valence-corrected chi connectivity index (χ0v) is 19.0. The van der Waals surface area contributed by atoms with Gasteiger partial charge in [-0.2, -0.15) is 0 Å². The normalized spacial score (nSPS) is 16.5. The van der Waals surface area contributed by atoms with Crippen molar-refractivity contribution in [2.24, 2.45) is 0 Å². The van der Waals surface area contributed by atoms with Crippen LogP contribution in [0.15, 0.2) is 0 Å². The number of thiocarbonyl (C=S) groups is 1. The fourth-order valence-corrected chi connectivity index (χ4v) is 5.52. The lowest BCUT2D eigenvalue weighted by atomic mass is 9.96. The van der Waals surface area contributed by atoms with E-state index in [1.54, 1.807) is 11.3 Å². The lowest BCUT2D eigenvalue weighted by Crippen LogP contribution is -2.46. The Morgan fingerprint density at radius 2 is 1.74 bits per heavy atom. The van der Waals surface area contributed by atoms with Crippen molar-refractivity contribution in [3.8, 4) is 0 Å². The molecule has 1 heterocycles. The van der Waals surface area contributed by atoms with Gasteiger partial charge in [-0.15, -0.1) is 11.3 Å². The van der Waals surface area contributed by atoms with E-state index in [4.69, 9.17) is 17.0 Å². The molecule has 2 rings (SSSR count). The summed E-state index contributed by atoms with van der Waals surface area (Å²) in [5.74, 6) is -0.253. The highest BCUT2D eigenvalue weighted by Gasteiger charge is 2.27. The van der Waals surface area contributed by atoms with Crippen LogP contribution in [0.5, 0.6) is 0 Å². The van der Waals surface area contributed by atoms with Crippen LogP contribution in [0.4, 0.5) is 5.00 Å². The average molecular weight is 411 g/mol. The summed E-state index contributed by atoms with van der Waals surface area (Å²) in [6, 6.07) is 0.699. The van der Waals surface area contributed by atoms with Gasteiger partial charge in [-0.3, -0.25) is 0 Å². The summed E-state index contributed by atoms with van der Waals surface area (Å²) < 4.78 is 5.12. The molecule has 152 valence electrons. The summed E-state index contributed by atoms with van der Waals surface area (Å²) in [4.78, 5) is 16.2. The first kappa shape index (κ1) is 22.2. The number of nitrogens with zero attached hydrogens (tertiary/aromatic N) is 1. The van der Waals surface area contributed by atoms with Gasteiger partial charge in [0.25, 0.3) is 0 Å². The van der Waals surface area contributed by atoms with E-state index < -0.39 is 0 Å². The Morgan fingerprint density at radius 3 is 2.30 bits per heavy atom. The molecule has 1 N–H and O–H groups in total. The van der Waals surface area contributed by atoms with Crippen molar-refractivity contribution < 1.29 is 9.53 Å². The number of hydrogen-bond donors (Lipinski definition) is 1. The Balaban J connectivity index is 2.37. The van der Waals surface area contributed by atoms with Gasteiger partial charge in [0.2, 0.25) is 0 Å². The number of anilines is 1. The van der Waals surface area contributed by atoms with Gasteiger partial charge in [-0.1, -0.05) is 26.7 Å². The lowest BCUT2D eigenvalue weighted by Gasteiger charge is -2.36. The largest absolute Gasteiger partial charge is 0.465 e. The zero-order chi connectivity index (χ0) is 20.0. The fourth-order valence-electron chi connectivity index (χ4n) is 3.72. The molecule has 0 bridgehead atoms. The highest BCUT2D eigenvalue weighted by atomic mass is 32.1. The maximum Gasteiger partial charge on any atom is 0.341 e. The minimum absolute atomic E-state index is 0.253. The first-order valence-corrected chi connectivity index (χ1v) is 11.5. The van der Waals surface area contributed by atoms with Gasteiger partial charge in [-0.05, 0) is 70.2 Å². The maximum absolute atomic E-state index is 12.6. The molecule has 0 radical (unpaired) electrons. The molecule has 0 amide bonds. The quantitative estimate of drug-likeness (QED) is 0.475. The van der Waals surface area contributed by atoms with Crippen LogP contribution in [-0.4, -0.2) is 35.2 Å². The number of hydrogen-bond acceptors (Lipinski definition) is 4. The topological polar surface area (TPSA) is 41.6 Å². The maximum atomic E-state index is 12.6. The van der Waals surface area contributed by atoms with E-state index in [0.29, 0.717) is 22.8 Å². The third-order valence-corrected chi connectivity index (χ3v) is 7.17. The van der Waals surface area contributed by atoms with Crippen molar-refractivity contribution in [2.45, 2.75) is 91.1 Å². The Kier molecular flexibility index (Phi) is 8.55. The van der Waals surface area contributed by atoms with Crippen LogP contribution in [0, 0.1) is 0 Å². The molecule has 2 unspecified atom stereocenters. The third-order valence-electron chi connectivity index (χ3n) is 5.65. The van der Waals surface area contributed by atoms with Crippen molar-refractivity contribution in [1.82, 2.24) is 4.90 Å². The minimum atomic E-state index is -0.253. The summed E-state index contributed by atoms with van der Waals surface area (Å²) >= 11 is 7.47. The van der Waals surface area contributed by atoms with Crippen LogP contribution in [0.1, 0.15) is 87.0 Å². The number of ether oxygens (including phenoxy) is 1. The second-order valence-electron chi connectivity index (χ2n) is 7.47. The van der Waals surface area contributed by atoms with Crippen LogP contribution < -0.4 is 5.32 Å². The van der Waals surface area contributed by atoms with Gasteiger partial charge in [0.15, 0.2) is 5.11 Å². The molecule has 1 aliphatic carbocycles. The number of carbonyl (C=O) groups is 1. The van der Waals surface area contributed by atoms with Crippen molar-refractivity contribution in [2.75, 3.05) is 12.4 Å². The highest BCUT2D eigenvalue weighted by Crippen LogP contribution is 2.38. The molecule has 0 aliphatic heterocycles. The fraction of sp³-hybridized carbons (Fsp3) is 0.714. The number of methoxy groups -OCH3 is 1. The van der Waals surface area contributed by atoms with Gasteiger partial charge in [0, 0.05) is 17.0 Å². The predicted octanol–water partition coefficient (Wildman–Crippen LogP) is 5.79. The first-order chi connectivity index (χ1) is 12.9. The molecule has 1 aromatic rings. The van der Waals surface area contributed by atoms with E-state index >= 15 is 0 Å². The lowest BCUT2D eigenvalue weighted by molar-refractivity contribution is 0.0601. The summed E-state index contributed by atoms with van der Waals surface area (Å²) in [7, 11) is 1.46. The van der Waals surface area contributed by atoms with Crippen LogP contribution >= 0.6 is 23.6 Å². The van der Waals surface area contributed by atoms with Crippen LogP contribution in [0.25, 0.3) is 0 Å².